The van der Waals surface area contributed by atoms with Crippen LogP contribution in [0.2, 0.25) is 0 Å². The molecule has 0 aromatic carbocycles. The number of carboxylic acids is 1. The monoisotopic (exact) mass is 203 g/mol. The van der Waals surface area contributed by atoms with Crippen molar-refractivity contribution < 1.29 is 39.5 Å². The predicted octanol–water partition coefficient (Wildman–Crippen LogP) is -3.33. The fraction of sp³-hybridized carbons (Fsp3) is 0.375. The molecule has 70 valence electrons. The number of nitrogens with zero attached hydrogens (tertiary/aromatic N) is 2. The number of aromatic nitrogens is 2. The van der Waals surface area contributed by atoms with Gasteiger partial charge in [-0.2, -0.15) is 0 Å². The van der Waals surface area contributed by atoms with Crippen molar-refractivity contribution in [1.29, 1.82) is 0 Å². The van der Waals surface area contributed by atoms with Crippen molar-refractivity contribution in [3.05, 3.63) is 18.1 Å². The van der Waals surface area contributed by atoms with Crippen molar-refractivity contribution in [2.75, 3.05) is 11.9 Å². The number of carbonyl (C=O) groups excluding carboxylic acids is 1. The number of carboxylic acid groups (broad SMARTS) is 1. The van der Waals surface area contributed by atoms with Crippen molar-refractivity contribution in [2.45, 2.75) is 13.3 Å². The molecule has 5 nitrogen and oxygen atoms in total. The molecule has 1 N–H and O–H groups in total. The van der Waals surface area contributed by atoms with Crippen molar-refractivity contribution in [3.63, 3.8) is 0 Å². The summed E-state index contributed by atoms with van der Waals surface area (Å²) in [5.41, 5.74) is -0.143. The minimum Gasteiger partial charge on any atom is -0.543 e. The van der Waals surface area contributed by atoms with Crippen LogP contribution < -0.4 is 40.0 Å². The van der Waals surface area contributed by atoms with E-state index in [0.29, 0.717) is 6.54 Å². The second-order valence-corrected chi connectivity index (χ2v) is 2.47. The van der Waals surface area contributed by atoms with E-state index in [4.69, 9.17) is 0 Å². The van der Waals surface area contributed by atoms with Crippen molar-refractivity contribution >= 4 is 11.8 Å². The third kappa shape index (κ3) is 3.61. The summed E-state index contributed by atoms with van der Waals surface area (Å²) >= 11 is 0. The maximum absolute atomic E-state index is 10.5. The molecule has 0 saturated carbocycles. The summed E-state index contributed by atoms with van der Waals surface area (Å²) in [6.45, 7) is 2.64. The van der Waals surface area contributed by atoms with E-state index in [9.17, 15) is 9.90 Å². The van der Waals surface area contributed by atoms with Gasteiger partial charge in [0.15, 0.2) is 5.82 Å². The molecule has 0 aliphatic carbocycles. The molecule has 0 fully saturated rings. The summed E-state index contributed by atoms with van der Waals surface area (Å²) in [7, 11) is 0. The zero-order chi connectivity index (χ0) is 9.68. The molecule has 0 aliphatic heterocycles. The van der Waals surface area contributed by atoms with E-state index in [0.717, 1.165) is 6.42 Å². The van der Waals surface area contributed by atoms with E-state index in [1.54, 1.807) is 0 Å². The van der Waals surface area contributed by atoms with Gasteiger partial charge in [-0.3, -0.25) is 0 Å². The van der Waals surface area contributed by atoms with Gasteiger partial charge in [-0.15, -0.1) is 0 Å². The maximum atomic E-state index is 10.5. The van der Waals surface area contributed by atoms with Crippen molar-refractivity contribution in [3.8, 4) is 0 Å². The Balaban J connectivity index is 0.00000169. The number of rotatable bonds is 4. The Hall–Kier alpha value is -0.650. The molecule has 0 aliphatic rings. The van der Waals surface area contributed by atoms with Gasteiger partial charge in [0.2, 0.25) is 0 Å². The third-order valence-corrected chi connectivity index (χ3v) is 1.43. The van der Waals surface area contributed by atoms with Gasteiger partial charge in [-0.05, 0) is 6.42 Å². The molecule has 0 bridgehead atoms. The van der Waals surface area contributed by atoms with Crippen LogP contribution in [0.1, 0.15) is 23.8 Å². The Morgan fingerprint density at radius 2 is 2.14 bits per heavy atom. The smallest absolute Gasteiger partial charge is 0.543 e. The van der Waals surface area contributed by atoms with E-state index in [1.807, 2.05) is 6.92 Å². The second-order valence-electron chi connectivity index (χ2n) is 2.47. The van der Waals surface area contributed by atoms with Crippen molar-refractivity contribution in [2.24, 2.45) is 0 Å². The number of anilines is 1. The molecule has 0 atom stereocenters. The topological polar surface area (TPSA) is 77.9 Å². The molecule has 1 rings (SSSR count). The molecule has 0 spiro atoms. The van der Waals surface area contributed by atoms with E-state index in [-0.39, 0.29) is 41.1 Å². The van der Waals surface area contributed by atoms with Crippen LogP contribution >= 0.6 is 0 Å². The van der Waals surface area contributed by atoms with E-state index in [2.05, 4.69) is 15.3 Å². The van der Waals surface area contributed by atoms with Gasteiger partial charge in [0, 0.05) is 18.9 Å². The van der Waals surface area contributed by atoms with Crippen LogP contribution in [0.5, 0.6) is 0 Å². The second kappa shape index (κ2) is 6.75. The molecular formula is C8H10N3NaO2. The fourth-order valence-electron chi connectivity index (χ4n) is 0.860. The SMILES string of the molecule is CCCNc1nccnc1C(=O)[O-].[Na+]. The summed E-state index contributed by atoms with van der Waals surface area (Å²) < 4.78 is 0. The molecule has 14 heavy (non-hydrogen) atoms. The first-order valence-electron chi connectivity index (χ1n) is 4.02. The summed E-state index contributed by atoms with van der Waals surface area (Å²) in [4.78, 5) is 18.0. The normalized spacial score (nSPS) is 8.93. The Labute approximate surface area is 104 Å². The third-order valence-electron chi connectivity index (χ3n) is 1.43. The van der Waals surface area contributed by atoms with E-state index in [1.165, 1.54) is 12.4 Å². The molecule has 1 aromatic heterocycles. The van der Waals surface area contributed by atoms with Gasteiger partial charge in [-0.1, -0.05) is 6.92 Å². The minimum atomic E-state index is -1.31. The summed E-state index contributed by atoms with van der Waals surface area (Å²) in [5, 5.41) is 13.4. The van der Waals surface area contributed by atoms with Gasteiger partial charge in [0.25, 0.3) is 0 Å². The van der Waals surface area contributed by atoms with Crippen LogP contribution in [-0.4, -0.2) is 22.5 Å². The molecule has 0 saturated heterocycles. The summed E-state index contributed by atoms with van der Waals surface area (Å²) in [6, 6.07) is 0. The molecule has 0 unspecified atom stereocenters. The van der Waals surface area contributed by atoms with Crippen LogP contribution in [0.15, 0.2) is 12.4 Å². The minimum absolute atomic E-state index is 0. The average molecular weight is 203 g/mol. The molecular weight excluding hydrogens is 193 g/mol. The molecule has 0 radical (unpaired) electrons. The Morgan fingerprint density at radius 3 is 2.71 bits per heavy atom. The maximum Gasteiger partial charge on any atom is 1.00 e. The molecule has 1 aromatic rings. The number of hydrogen-bond acceptors (Lipinski definition) is 5. The van der Waals surface area contributed by atoms with Gasteiger partial charge in [0.1, 0.15) is 5.69 Å². The predicted molar refractivity (Wildman–Crippen MR) is 45.1 cm³/mol. The van der Waals surface area contributed by atoms with Gasteiger partial charge >= 0.3 is 29.6 Å². The standard InChI is InChI=1S/C8H11N3O2.Na/c1-2-3-10-7-6(8(12)13)9-4-5-11-7;/h4-5H,2-3H2,1H3,(H,10,11)(H,12,13);/q;+1/p-1. The van der Waals surface area contributed by atoms with Crippen molar-refractivity contribution in [1.82, 2.24) is 9.97 Å². The Bertz CT molecular complexity index is 306. The Morgan fingerprint density at radius 1 is 1.50 bits per heavy atom. The molecule has 0 amide bonds. The number of aromatic carboxylic acids is 1. The first kappa shape index (κ1) is 13.4. The first-order valence-corrected chi connectivity index (χ1v) is 4.02. The zero-order valence-corrected chi connectivity index (χ0v) is 10.3. The quantitative estimate of drug-likeness (QED) is 0.518. The van der Waals surface area contributed by atoms with E-state index >= 15 is 0 Å². The zero-order valence-electron chi connectivity index (χ0n) is 8.28. The number of nitrogens with one attached hydrogen (secondary N) is 1. The van der Waals surface area contributed by atoms with Crippen LogP contribution in [0.3, 0.4) is 0 Å². The van der Waals surface area contributed by atoms with Gasteiger partial charge in [0.05, 0.1) is 5.97 Å². The summed E-state index contributed by atoms with van der Waals surface area (Å²) in [6.07, 6.45) is 3.65. The van der Waals surface area contributed by atoms with Crippen LogP contribution in [-0.2, 0) is 0 Å². The van der Waals surface area contributed by atoms with Crippen LogP contribution in [0, 0.1) is 0 Å². The summed E-state index contributed by atoms with van der Waals surface area (Å²) in [5.74, 6) is -1.05. The number of carbonyl (C=O) groups is 1. The molecule has 6 heteroatoms. The average Bonchev–Trinajstić information content (AvgIpc) is 2.15. The first-order chi connectivity index (χ1) is 6.25. The molecule has 1 heterocycles. The number of hydrogen-bond donors (Lipinski definition) is 1. The van der Waals surface area contributed by atoms with Gasteiger partial charge in [-0.25, -0.2) is 9.97 Å². The van der Waals surface area contributed by atoms with Crippen LogP contribution in [0.4, 0.5) is 5.82 Å². The van der Waals surface area contributed by atoms with Gasteiger partial charge < -0.3 is 15.2 Å². The Kier molecular flexibility index (Phi) is 6.44. The van der Waals surface area contributed by atoms with E-state index < -0.39 is 5.97 Å². The van der Waals surface area contributed by atoms with Crippen LogP contribution in [0.25, 0.3) is 0 Å². The fourth-order valence-corrected chi connectivity index (χ4v) is 0.860. The largest absolute Gasteiger partial charge is 1.00 e.